The molecular weight excluding hydrogens is 422 g/mol. The lowest BCUT2D eigenvalue weighted by Gasteiger charge is -2.30. The first-order chi connectivity index (χ1) is 15.3. The third-order valence-electron chi connectivity index (χ3n) is 5.55. The topological polar surface area (TPSA) is 69.0 Å². The molecule has 2 aromatic carbocycles. The van der Waals surface area contributed by atoms with E-state index >= 15 is 0 Å². The highest BCUT2D eigenvalue weighted by molar-refractivity contribution is 6.32. The second kappa shape index (κ2) is 7.60. The minimum atomic E-state index is -0.0816. The highest BCUT2D eigenvalue weighted by Gasteiger charge is 2.30. The van der Waals surface area contributed by atoms with E-state index in [4.69, 9.17) is 16.6 Å². The summed E-state index contributed by atoms with van der Waals surface area (Å²) in [5.41, 5.74) is 7.93. The van der Waals surface area contributed by atoms with E-state index in [1.165, 1.54) is 0 Å². The van der Waals surface area contributed by atoms with E-state index in [1.54, 1.807) is 0 Å². The Morgan fingerprint density at radius 3 is 2.56 bits per heavy atom. The Morgan fingerprint density at radius 2 is 1.81 bits per heavy atom. The fourth-order valence-corrected chi connectivity index (χ4v) is 3.96. The van der Waals surface area contributed by atoms with Crippen molar-refractivity contribution in [1.29, 1.82) is 0 Å². The Morgan fingerprint density at radius 1 is 1.03 bits per heavy atom. The molecule has 5 rings (SSSR count). The van der Waals surface area contributed by atoms with Crippen molar-refractivity contribution in [2.24, 2.45) is 10.1 Å². The summed E-state index contributed by atoms with van der Waals surface area (Å²) in [6, 6.07) is 14.1. The molecule has 8 heteroatoms. The number of hydrazone groups is 1. The number of aromatic nitrogens is 2. The molecule has 2 aliphatic rings. The van der Waals surface area contributed by atoms with Gasteiger partial charge < -0.3 is 4.90 Å². The van der Waals surface area contributed by atoms with Crippen LogP contribution in [0.15, 0.2) is 65.0 Å². The molecule has 1 N–H and O–H groups in total. The molecule has 32 heavy (non-hydrogen) atoms. The van der Waals surface area contributed by atoms with E-state index in [0.29, 0.717) is 17.7 Å². The Balaban J connectivity index is 1.51. The number of guanidine groups is 1. The van der Waals surface area contributed by atoms with Crippen LogP contribution in [0, 0.1) is 0 Å². The van der Waals surface area contributed by atoms with Gasteiger partial charge in [-0.15, -0.1) is 5.10 Å². The molecule has 0 fully saturated rings. The van der Waals surface area contributed by atoms with Crippen LogP contribution in [0.25, 0.3) is 11.1 Å². The maximum Gasteiger partial charge on any atom is 0.250 e. The van der Waals surface area contributed by atoms with Crippen molar-refractivity contribution in [3.8, 4) is 11.1 Å². The number of hydrogen-bond acceptors (Lipinski definition) is 7. The number of halogens is 1. The molecule has 1 aromatic heterocycles. The number of rotatable bonds is 2. The third kappa shape index (κ3) is 3.58. The Labute approximate surface area is 192 Å². The van der Waals surface area contributed by atoms with E-state index in [0.717, 1.165) is 39.7 Å². The number of hydrogen-bond donors (Lipinski definition) is 1. The van der Waals surface area contributed by atoms with Gasteiger partial charge in [-0.3, -0.25) is 10.3 Å². The number of nitrogens with zero attached hydrogens (tertiary/aromatic N) is 6. The van der Waals surface area contributed by atoms with Crippen LogP contribution in [0.2, 0.25) is 5.02 Å². The SMILES string of the molecule is CN(C1=NC2=NNCN2c2cc(Cl)ccc21)c1cccc(-c2cnc(C(C)(C)C)nc2)c1. The van der Waals surface area contributed by atoms with Gasteiger partial charge in [-0.25, -0.2) is 9.97 Å². The maximum atomic E-state index is 6.29. The Bertz CT molecular complexity index is 1240. The van der Waals surface area contributed by atoms with Crippen LogP contribution in [0.4, 0.5) is 11.4 Å². The summed E-state index contributed by atoms with van der Waals surface area (Å²) in [5, 5.41) is 5.00. The van der Waals surface area contributed by atoms with Crippen molar-refractivity contribution >= 4 is 34.8 Å². The zero-order valence-corrected chi connectivity index (χ0v) is 19.2. The fourth-order valence-electron chi connectivity index (χ4n) is 3.79. The molecule has 2 aliphatic heterocycles. The Kier molecular flexibility index (Phi) is 4.86. The minimum Gasteiger partial charge on any atom is -0.329 e. The van der Waals surface area contributed by atoms with Crippen molar-refractivity contribution in [1.82, 2.24) is 15.4 Å². The quantitative estimate of drug-likeness (QED) is 0.622. The van der Waals surface area contributed by atoms with Crippen molar-refractivity contribution < 1.29 is 0 Å². The average molecular weight is 446 g/mol. The van der Waals surface area contributed by atoms with Crippen LogP contribution < -0.4 is 15.2 Å². The van der Waals surface area contributed by atoms with Gasteiger partial charge in [0.1, 0.15) is 18.3 Å². The van der Waals surface area contributed by atoms with Gasteiger partial charge >= 0.3 is 0 Å². The standard InChI is InChI=1S/C24H24ClN7/c1-24(2,3)22-26-12-16(13-27-22)15-6-5-7-18(10-15)31(4)21-19-9-8-17(25)11-20(19)32-14-28-30-23(32)29-21/h5-13,28H,14H2,1-4H3. The summed E-state index contributed by atoms with van der Waals surface area (Å²) >= 11 is 6.29. The zero-order valence-electron chi connectivity index (χ0n) is 18.5. The summed E-state index contributed by atoms with van der Waals surface area (Å²) in [4.78, 5) is 18.1. The lowest BCUT2D eigenvalue weighted by Crippen LogP contribution is -2.39. The molecule has 0 unspecified atom stereocenters. The molecule has 7 nitrogen and oxygen atoms in total. The van der Waals surface area contributed by atoms with Gasteiger partial charge in [-0.05, 0) is 35.9 Å². The highest BCUT2D eigenvalue weighted by atomic mass is 35.5. The Hall–Kier alpha value is -3.45. The van der Waals surface area contributed by atoms with E-state index in [2.05, 4.69) is 64.4 Å². The first kappa shape index (κ1) is 20.5. The average Bonchev–Trinajstić information content (AvgIpc) is 3.26. The van der Waals surface area contributed by atoms with E-state index in [9.17, 15) is 0 Å². The van der Waals surface area contributed by atoms with Crippen molar-refractivity contribution in [2.45, 2.75) is 26.2 Å². The molecule has 0 bridgehead atoms. The molecule has 0 spiro atoms. The smallest absolute Gasteiger partial charge is 0.250 e. The number of nitrogens with one attached hydrogen (secondary N) is 1. The summed E-state index contributed by atoms with van der Waals surface area (Å²) in [6.45, 7) is 6.90. The fraction of sp³-hybridized carbons (Fsp3) is 0.250. The van der Waals surface area contributed by atoms with Crippen molar-refractivity contribution in [3.05, 3.63) is 71.3 Å². The van der Waals surface area contributed by atoms with Gasteiger partial charge in [0.2, 0.25) is 0 Å². The van der Waals surface area contributed by atoms with Crippen LogP contribution in [0.3, 0.4) is 0 Å². The number of amidine groups is 1. The van der Waals surface area contributed by atoms with Gasteiger partial charge in [-0.2, -0.15) is 4.99 Å². The largest absolute Gasteiger partial charge is 0.329 e. The van der Waals surface area contributed by atoms with Gasteiger partial charge in [0.25, 0.3) is 5.96 Å². The minimum absolute atomic E-state index is 0.0816. The normalized spacial score (nSPS) is 14.8. The molecule has 0 saturated heterocycles. The lowest BCUT2D eigenvalue weighted by atomic mass is 9.95. The second-order valence-electron chi connectivity index (χ2n) is 8.91. The van der Waals surface area contributed by atoms with Crippen LogP contribution in [-0.2, 0) is 5.41 Å². The van der Waals surface area contributed by atoms with Gasteiger partial charge in [-0.1, -0.05) is 44.5 Å². The summed E-state index contributed by atoms with van der Waals surface area (Å²) in [5.74, 6) is 2.27. The predicted molar refractivity (Wildman–Crippen MR) is 130 cm³/mol. The van der Waals surface area contributed by atoms with Gasteiger partial charge in [0.05, 0.1) is 5.69 Å². The second-order valence-corrected chi connectivity index (χ2v) is 9.34. The van der Waals surface area contributed by atoms with Crippen molar-refractivity contribution in [2.75, 3.05) is 23.5 Å². The highest BCUT2D eigenvalue weighted by Crippen LogP contribution is 2.33. The number of aliphatic imine (C=N–C) groups is 1. The monoisotopic (exact) mass is 445 g/mol. The number of benzene rings is 2. The van der Waals surface area contributed by atoms with Crippen LogP contribution in [0.1, 0.15) is 32.2 Å². The molecule has 3 heterocycles. The van der Waals surface area contributed by atoms with E-state index < -0.39 is 0 Å². The molecule has 162 valence electrons. The zero-order chi connectivity index (χ0) is 22.5. The van der Waals surface area contributed by atoms with Crippen LogP contribution >= 0.6 is 11.6 Å². The first-order valence-electron chi connectivity index (χ1n) is 10.4. The van der Waals surface area contributed by atoms with E-state index in [1.807, 2.05) is 48.6 Å². The molecule has 0 radical (unpaired) electrons. The predicted octanol–water partition coefficient (Wildman–Crippen LogP) is 4.63. The molecule has 0 aliphatic carbocycles. The van der Waals surface area contributed by atoms with Gasteiger partial charge in [0.15, 0.2) is 0 Å². The lowest BCUT2D eigenvalue weighted by molar-refractivity contribution is 0.545. The van der Waals surface area contributed by atoms with Crippen LogP contribution in [-0.4, -0.2) is 35.5 Å². The maximum absolute atomic E-state index is 6.29. The van der Waals surface area contributed by atoms with Crippen molar-refractivity contribution in [3.63, 3.8) is 0 Å². The molecule has 0 saturated carbocycles. The molecule has 0 amide bonds. The van der Waals surface area contributed by atoms with Crippen LogP contribution in [0.5, 0.6) is 0 Å². The molecule has 3 aromatic rings. The first-order valence-corrected chi connectivity index (χ1v) is 10.8. The van der Waals surface area contributed by atoms with Gasteiger partial charge in [0, 0.05) is 46.7 Å². The number of anilines is 2. The summed E-state index contributed by atoms with van der Waals surface area (Å²) in [7, 11) is 2.01. The van der Waals surface area contributed by atoms with E-state index in [-0.39, 0.29) is 5.41 Å². The summed E-state index contributed by atoms with van der Waals surface area (Å²) in [6.07, 6.45) is 3.78. The third-order valence-corrected chi connectivity index (χ3v) is 5.79. The molecule has 0 atom stereocenters. The summed E-state index contributed by atoms with van der Waals surface area (Å²) < 4.78 is 0. The number of fused-ring (bicyclic) bond motifs is 3. The molecular formula is C24H24ClN7.